The van der Waals surface area contributed by atoms with Crippen LogP contribution in [0.4, 0.5) is 0 Å². The fourth-order valence-corrected chi connectivity index (χ4v) is 3.81. The quantitative estimate of drug-likeness (QED) is 0.693. The summed E-state index contributed by atoms with van der Waals surface area (Å²) < 4.78 is 12.3. The minimum absolute atomic E-state index is 0.0859. The van der Waals surface area contributed by atoms with E-state index in [0.717, 1.165) is 24.2 Å². The fourth-order valence-electron chi connectivity index (χ4n) is 3.11. The summed E-state index contributed by atoms with van der Waals surface area (Å²) >= 11 is 1.51. The average molecular weight is 361 g/mol. The molecule has 4 rings (SSSR count). The van der Waals surface area contributed by atoms with Gasteiger partial charge in [0.15, 0.2) is 10.8 Å². The van der Waals surface area contributed by atoms with Gasteiger partial charge in [-0.05, 0) is 19.3 Å². The van der Waals surface area contributed by atoms with Crippen LogP contribution in [0.1, 0.15) is 47.5 Å². The van der Waals surface area contributed by atoms with Gasteiger partial charge in [-0.25, -0.2) is 4.98 Å². The third-order valence-electron chi connectivity index (χ3n) is 4.37. The molecule has 8 nitrogen and oxygen atoms in total. The molecule has 132 valence electrons. The molecule has 0 unspecified atom stereocenters. The van der Waals surface area contributed by atoms with Gasteiger partial charge in [0.25, 0.3) is 5.91 Å². The van der Waals surface area contributed by atoms with Crippen molar-refractivity contribution in [3.05, 3.63) is 35.2 Å². The van der Waals surface area contributed by atoms with E-state index in [0.29, 0.717) is 37.0 Å². The minimum Gasteiger partial charge on any atom is -0.384 e. The number of hydrogen-bond acceptors (Lipinski definition) is 7. The molecule has 0 spiro atoms. The van der Waals surface area contributed by atoms with E-state index in [2.05, 4.69) is 15.1 Å². The maximum atomic E-state index is 13.0. The fraction of sp³-hybridized carbons (Fsp3) is 0.500. The summed E-state index contributed by atoms with van der Waals surface area (Å²) in [6.07, 6.45) is 7.09. The number of carbonyl (C=O) groups is 1. The van der Waals surface area contributed by atoms with Gasteiger partial charge in [0, 0.05) is 37.8 Å². The number of ether oxygens (including phenoxy) is 1. The highest BCUT2D eigenvalue weighted by Gasteiger charge is 2.33. The van der Waals surface area contributed by atoms with Crippen LogP contribution in [0.15, 0.2) is 22.3 Å². The molecule has 0 N–H and O–H groups in total. The van der Waals surface area contributed by atoms with Crippen LogP contribution in [0.3, 0.4) is 0 Å². The predicted octanol–water partition coefficient (Wildman–Crippen LogP) is 2.34. The van der Waals surface area contributed by atoms with Crippen molar-refractivity contribution in [2.24, 2.45) is 0 Å². The van der Waals surface area contributed by atoms with E-state index in [1.807, 2.05) is 20.9 Å². The van der Waals surface area contributed by atoms with E-state index >= 15 is 0 Å². The second-order valence-electron chi connectivity index (χ2n) is 6.02. The standard InChI is InChI=1S/C16H19N5O3S/c1-23-8-5-13-18-14(24-19-13)12-4-2-3-6-21(12)15(22)11-10-20-7-9-25-16(20)17-11/h7,9-10,12H,2-6,8H2,1H3/t12-/m0/s1. The SMILES string of the molecule is COCCc1noc([C@@H]2CCCCN2C(=O)c2cn3ccsc3n2)n1. The Morgan fingerprint density at radius 1 is 1.44 bits per heavy atom. The first kappa shape index (κ1) is 16.2. The number of fused-ring (bicyclic) bond motifs is 1. The van der Waals surface area contributed by atoms with E-state index < -0.39 is 0 Å². The lowest BCUT2D eigenvalue weighted by atomic mass is 10.0. The number of amides is 1. The van der Waals surface area contributed by atoms with Crippen LogP contribution in [-0.4, -0.2) is 50.6 Å². The molecule has 1 atom stereocenters. The summed E-state index contributed by atoms with van der Waals surface area (Å²) in [6.45, 7) is 1.21. The van der Waals surface area contributed by atoms with Crippen LogP contribution in [-0.2, 0) is 11.2 Å². The number of carbonyl (C=O) groups excluding carboxylic acids is 1. The first-order valence-corrected chi connectivity index (χ1v) is 9.19. The molecule has 1 fully saturated rings. The third kappa shape index (κ3) is 3.16. The number of nitrogens with zero attached hydrogens (tertiary/aromatic N) is 5. The molecule has 1 saturated heterocycles. The molecular formula is C16H19N5O3S. The second-order valence-corrected chi connectivity index (χ2v) is 6.89. The molecular weight excluding hydrogens is 342 g/mol. The molecule has 3 aromatic heterocycles. The minimum atomic E-state index is -0.190. The van der Waals surface area contributed by atoms with Gasteiger partial charge in [0.2, 0.25) is 5.89 Å². The van der Waals surface area contributed by atoms with Gasteiger partial charge in [-0.1, -0.05) is 5.16 Å². The first-order chi connectivity index (χ1) is 12.3. The van der Waals surface area contributed by atoms with Gasteiger partial charge in [-0.2, -0.15) is 4.98 Å². The van der Waals surface area contributed by atoms with Gasteiger partial charge < -0.3 is 14.2 Å². The smallest absolute Gasteiger partial charge is 0.274 e. The van der Waals surface area contributed by atoms with E-state index in [-0.39, 0.29) is 11.9 Å². The maximum Gasteiger partial charge on any atom is 0.274 e. The van der Waals surface area contributed by atoms with Crippen LogP contribution in [0, 0.1) is 0 Å². The first-order valence-electron chi connectivity index (χ1n) is 8.31. The Morgan fingerprint density at radius 3 is 3.20 bits per heavy atom. The summed E-state index contributed by atoms with van der Waals surface area (Å²) in [7, 11) is 1.64. The number of thiazole rings is 1. The Kier molecular flexibility index (Phi) is 4.50. The molecule has 3 aromatic rings. The highest BCUT2D eigenvalue weighted by Crippen LogP contribution is 2.31. The van der Waals surface area contributed by atoms with Crippen molar-refractivity contribution in [1.82, 2.24) is 24.4 Å². The predicted molar refractivity (Wildman–Crippen MR) is 90.6 cm³/mol. The monoisotopic (exact) mass is 361 g/mol. The summed E-state index contributed by atoms with van der Waals surface area (Å²) in [4.78, 5) is 24.5. The van der Waals surface area contributed by atoms with E-state index in [4.69, 9.17) is 9.26 Å². The number of imidazole rings is 1. The Balaban J connectivity index is 1.56. The van der Waals surface area contributed by atoms with Crippen LogP contribution in [0.2, 0.25) is 0 Å². The van der Waals surface area contributed by atoms with E-state index in [9.17, 15) is 4.79 Å². The maximum absolute atomic E-state index is 13.0. The number of hydrogen-bond donors (Lipinski definition) is 0. The molecule has 1 amide bonds. The van der Waals surface area contributed by atoms with E-state index in [1.54, 1.807) is 13.3 Å². The Morgan fingerprint density at radius 2 is 2.36 bits per heavy atom. The number of methoxy groups -OCH3 is 1. The topological polar surface area (TPSA) is 85.8 Å². The van der Waals surface area contributed by atoms with Crippen molar-refractivity contribution in [3.63, 3.8) is 0 Å². The summed E-state index contributed by atoms with van der Waals surface area (Å²) in [5.74, 6) is 1.02. The molecule has 0 radical (unpaired) electrons. The Labute approximate surface area is 148 Å². The Bertz CT molecular complexity index is 842. The third-order valence-corrected chi connectivity index (χ3v) is 5.15. The van der Waals surface area contributed by atoms with Crippen molar-refractivity contribution in [2.45, 2.75) is 31.7 Å². The lowest BCUT2D eigenvalue weighted by Crippen LogP contribution is -2.38. The normalized spacial score (nSPS) is 18.1. The van der Waals surface area contributed by atoms with Crippen molar-refractivity contribution < 1.29 is 14.1 Å². The molecule has 0 aliphatic carbocycles. The van der Waals surface area contributed by atoms with Crippen molar-refractivity contribution in [2.75, 3.05) is 20.3 Å². The van der Waals surface area contributed by atoms with Crippen LogP contribution >= 0.6 is 11.3 Å². The van der Waals surface area contributed by atoms with Crippen molar-refractivity contribution in [3.8, 4) is 0 Å². The van der Waals surface area contributed by atoms with Crippen LogP contribution in [0.5, 0.6) is 0 Å². The number of likely N-dealkylation sites (tertiary alicyclic amines) is 1. The van der Waals surface area contributed by atoms with Crippen molar-refractivity contribution >= 4 is 22.2 Å². The largest absolute Gasteiger partial charge is 0.384 e. The van der Waals surface area contributed by atoms with Gasteiger partial charge >= 0.3 is 0 Å². The zero-order valence-electron chi connectivity index (χ0n) is 13.9. The number of aromatic nitrogens is 4. The highest BCUT2D eigenvalue weighted by molar-refractivity contribution is 7.15. The lowest BCUT2D eigenvalue weighted by molar-refractivity contribution is 0.0556. The molecule has 25 heavy (non-hydrogen) atoms. The van der Waals surface area contributed by atoms with Crippen LogP contribution < -0.4 is 0 Å². The lowest BCUT2D eigenvalue weighted by Gasteiger charge is -2.32. The van der Waals surface area contributed by atoms with Gasteiger partial charge in [0.05, 0.1) is 6.61 Å². The average Bonchev–Trinajstić information content (AvgIpc) is 3.35. The number of rotatable bonds is 5. The zero-order chi connectivity index (χ0) is 17.2. The van der Waals surface area contributed by atoms with Crippen LogP contribution in [0.25, 0.3) is 4.96 Å². The summed E-state index contributed by atoms with van der Waals surface area (Å²) in [5, 5.41) is 5.94. The van der Waals surface area contributed by atoms with Gasteiger partial charge in [-0.3, -0.25) is 9.20 Å². The molecule has 9 heteroatoms. The molecule has 1 aliphatic rings. The molecule has 4 heterocycles. The Hall–Kier alpha value is -2.26. The number of piperidine rings is 1. The molecule has 1 aliphatic heterocycles. The van der Waals surface area contributed by atoms with Gasteiger partial charge in [0.1, 0.15) is 11.7 Å². The second kappa shape index (κ2) is 6.93. The highest BCUT2D eigenvalue weighted by atomic mass is 32.1. The van der Waals surface area contributed by atoms with Gasteiger partial charge in [-0.15, -0.1) is 11.3 Å². The molecule has 0 saturated carbocycles. The van der Waals surface area contributed by atoms with Crippen molar-refractivity contribution in [1.29, 1.82) is 0 Å². The summed E-state index contributed by atoms with van der Waals surface area (Å²) in [6, 6.07) is -0.190. The molecule has 0 bridgehead atoms. The summed E-state index contributed by atoms with van der Waals surface area (Å²) in [5.41, 5.74) is 0.456. The van der Waals surface area contributed by atoms with E-state index in [1.165, 1.54) is 11.3 Å². The molecule has 0 aromatic carbocycles. The zero-order valence-corrected chi connectivity index (χ0v) is 14.7.